The lowest BCUT2D eigenvalue weighted by Crippen LogP contribution is -2.75. The number of alkyl halides is 1. The van der Waals surface area contributed by atoms with Crippen molar-refractivity contribution in [1.29, 1.82) is 0 Å². The molecule has 1 unspecified atom stereocenters. The first-order valence-electron chi connectivity index (χ1n) is 14.2. The van der Waals surface area contributed by atoms with Crippen LogP contribution in [0.4, 0.5) is 14.0 Å². The molecule has 2 aliphatic heterocycles. The van der Waals surface area contributed by atoms with Crippen LogP contribution in [-0.4, -0.2) is 102 Å². The number of aryl methyl sites for hydroxylation is 1. The van der Waals surface area contributed by atoms with E-state index < -0.39 is 31.0 Å². The van der Waals surface area contributed by atoms with Crippen LogP contribution in [0.5, 0.6) is 0 Å². The van der Waals surface area contributed by atoms with Crippen LogP contribution in [0.1, 0.15) is 24.0 Å². The molecule has 0 radical (unpaired) electrons. The van der Waals surface area contributed by atoms with E-state index in [9.17, 15) is 23.6 Å². The third-order valence-electron chi connectivity index (χ3n) is 7.09. The van der Waals surface area contributed by atoms with Gasteiger partial charge in [0.2, 0.25) is 11.8 Å². The lowest BCUT2D eigenvalue weighted by atomic mass is 10.0. The predicted octanol–water partition coefficient (Wildman–Crippen LogP) is 3.06. The number of nitrogens with zero attached hydrogens (tertiary/aromatic N) is 4. The number of urea groups is 1. The zero-order valence-electron chi connectivity index (χ0n) is 24.8. The van der Waals surface area contributed by atoms with Crippen LogP contribution < -0.4 is 10.6 Å². The van der Waals surface area contributed by atoms with Gasteiger partial charge < -0.3 is 25.2 Å². The zero-order chi connectivity index (χ0) is 31.4. The number of ether oxygens (including phenoxy) is 1. The Morgan fingerprint density at radius 1 is 1.16 bits per heavy atom. The topological polar surface area (TPSA) is 115 Å². The molecular formula is C31H41FN6O5. The average molecular weight is 597 g/mol. The number of benzene rings is 1. The highest BCUT2D eigenvalue weighted by molar-refractivity contribution is 5.91. The van der Waals surface area contributed by atoms with Crippen LogP contribution >= 0.6 is 0 Å². The fraction of sp³-hybridized carbons (Fsp3) is 0.419. The molecule has 2 heterocycles. The second kappa shape index (κ2) is 16.3. The highest BCUT2D eigenvalue weighted by atomic mass is 19.1. The molecule has 11 nitrogen and oxygen atoms in total. The number of amides is 5. The second-order valence-electron chi connectivity index (χ2n) is 10.3. The van der Waals surface area contributed by atoms with Gasteiger partial charge in [0.1, 0.15) is 25.5 Å². The van der Waals surface area contributed by atoms with Gasteiger partial charge in [0.05, 0.1) is 13.1 Å². The van der Waals surface area contributed by atoms with Crippen molar-refractivity contribution in [1.82, 2.24) is 30.5 Å². The molecule has 0 bridgehead atoms. The van der Waals surface area contributed by atoms with E-state index >= 15 is 0 Å². The van der Waals surface area contributed by atoms with E-state index in [1.807, 2.05) is 31.2 Å². The van der Waals surface area contributed by atoms with Crippen LogP contribution in [0.3, 0.4) is 0 Å². The summed E-state index contributed by atoms with van der Waals surface area (Å²) in [7, 11) is 1.65. The highest BCUT2D eigenvalue weighted by Crippen LogP contribution is 2.29. The number of carbonyl (C=O) groups excluding carboxylic acids is 4. The molecule has 0 aliphatic carbocycles. The van der Waals surface area contributed by atoms with Gasteiger partial charge in [0, 0.05) is 26.7 Å². The second-order valence-corrected chi connectivity index (χ2v) is 10.3. The van der Waals surface area contributed by atoms with Gasteiger partial charge in [-0.25, -0.2) is 24.0 Å². The first-order chi connectivity index (χ1) is 20.7. The van der Waals surface area contributed by atoms with Crippen molar-refractivity contribution in [3.05, 3.63) is 84.5 Å². The summed E-state index contributed by atoms with van der Waals surface area (Å²) in [4.78, 5) is 55.8. The molecule has 0 aromatic heterocycles. The molecule has 5 amide bonds. The Bertz CT molecular complexity index is 1230. The molecule has 2 atom stereocenters. The van der Waals surface area contributed by atoms with Gasteiger partial charge >= 0.3 is 12.1 Å². The van der Waals surface area contributed by atoms with Crippen LogP contribution in [0.2, 0.25) is 0 Å². The van der Waals surface area contributed by atoms with Crippen molar-refractivity contribution in [2.24, 2.45) is 0 Å². The molecule has 0 saturated carbocycles. The SMILES string of the molecule is C=C/C=C(\C=C/CF)CNC(=O)N1C2CN(Cc3ccc(C)cc3)C(=O)[C@H](CCCNC(=O)OCC=C)N2C(=O)CN1C. The van der Waals surface area contributed by atoms with E-state index in [0.29, 0.717) is 18.5 Å². The lowest BCUT2D eigenvalue weighted by Gasteiger charge is -2.54. The zero-order valence-corrected chi connectivity index (χ0v) is 24.8. The summed E-state index contributed by atoms with van der Waals surface area (Å²) in [6, 6.07) is 6.52. The predicted molar refractivity (Wildman–Crippen MR) is 161 cm³/mol. The number of fused-ring (bicyclic) bond motifs is 1. The summed E-state index contributed by atoms with van der Waals surface area (Å²) >= 11 is 0. The molecular weight excluding hydrogens is 555 g/mol. The number of likely N-dealkylation sites (N-methyl/N-ethyl adjacent to an activating group) is 1. The molecule has 43 heavy (non-hydrogen) atoms. The summed E-state index contributed by atoms with van der Waals surface area (Å²) in [5, 5.41) is 8.48. The lowest BCUT2D eigenvalue weighted by molar-refractivity contribution is -0.188. The fourth-order valence-electron chi connectivity index (χ4n) is 5.09. The average Bonchev–Trinajstić information content (AvgIpc) is 2.98. The van der Waals surface area contributed by atoms with Gasteiger partial charge in [-0.3, -0.25) is 9.59 Å². The first-order valence-corrected chi connectivity index (χ1v) is 14.2. The number of piperazine rings is 1. The Kier molecular flexibility index (Phi) is 12.5. The first kappa shape index (κ1) is 33.1. The number of hydrogen-bond acceptors (Lipinski definition) is 6. The number of alkyl carbamates (subject to hydrolysis) is 1. The van der Waals surface area contributed by atoms with Crippen molar-refractivity contribution in [2.75, 3.05) is 46.5 Å². The van der Waals surface area contributed by atoms with Crippen molar-refractivity contribution < 1.29 is 28.3 Å². The van der Waals surface area contributed by atoms with E-state index in [-0.39, 0.29) is 51.0 Å². The van der Waals surface area contributed by atoms with Gasteiger partial charge in [-0.15, -0.1) is 0 Å². The minimum atomic E-state index is -0.838. The number of halogens is 1. The minimum absolute atomic E-state index is 0.0767. The van der Waals surface area contributed by atoms with Crippen LogP contribution in [0, 0.1) is 6.92 Å². The molecule has 3 rings (SSSR count). The minimum Gasteiger partial charge on any atom is -0.445 e. The molecule has 232 valence electrons. The standard InChI is InChI=1S/C31H41FN6O5/c1-5-9-24(10-7-16-32)19-34-30(41)38-27-21-36(20-25-14-12-23(3)13-15-25)29(40)26(37(27)28(39)22-35(38)4)11-8-17-33-31(42)43-18-6-2/h5-7,9-10,12-15,26-27H,1-2,8,11,16-22H2,3-4H3,(H,33,42)(H,34,41)/b10-7-,24-9+/t26-,27?/m0/s1. The third-order valence-corrected chi connectivity index (χ3v) is 7.09. The molecule has 2 N–H and O–H groups in total. The quantitative estimate of drug-likeness (QED) is 0.206. The van der Waals surface area contributed by atoms with E-state index in [0.717, 1.165) is 11.1 Å². The Hall–Kier alpha value is -4.45. The van der Waals surface area contributed by atoms with Crippen LogP contribution in [0.15, 0.2) is 73.4 Å². The number of hydrazine groups is 1. The molecule has 0 spiro atoms. The van der Waals surface area contributed by atoms with E-state index in [1.54, 1.807) is 35.2 Å². The monoisotopic (exact) mass is 596 g/mol. The summed E-state index contributed by atoms with van der Waals surface area (Å²) in [6.45, 7) is 9.23. The summed E-state index contributed by atoms with van der Waals surface area (Å²) in [6.07, 6.45) is 6.88. The molecule has 2 aliphatic rings. The van der Waals surface area contributed by atoms with E-state index in [2.05, 4.69) is 23.8 Å². The van der Waals surface area contributed by atoms with E-state index in [4.69, 9.17) is 4.74 Å². The van der Waals surface area contributed by atoms with Crippen LogP contribution in [0.25, 0.3) is 0 Å². The van der Waals surface area contributed by atoms with Crippen molar-refractivity contribution in [2.45, 2.75) is 38.5 Å². The number of nitrogens with one attached hydrogen (secondary N) is 2. The summed E-state index contributed by atoms with van der Waals surface area (Å²) in [5.41, 5.74) is 2.65. The van der Waals surface area contributed by atoms with Crippen molar-refractivity contribution in [3.8, 4) is 0 Å². The largest absolute Gasteiger partial charge is 0.445 e. The summed E-state index contributed by atoms with van der Waals surface area (Å²) < 4.78 is 17.6. The van der Waals surface area contributed by atoms with Crippen molar-refractivity contribution >= 4 is 23.9 Å². The number of hydrogen-bond donors (Lipinski definition) is 2. The maximum absolute atomic E-state index is 13.8. The van der Waals surface area contributed by atoms with Crippen molar-refractivity contribution in [3.63, 3.8) is 0 Å². The molecule has 12 heteroatoms. The smallest absolute Gasteiger partial charge is 0.407 e. The normalized spacial score (nSPS) is 19.3. The maximum Gasteiger partial charge on any atom is 0.407 e. The van der Waals surface area contributed by atoms with Gasteiger partial charge in [-0.2, -0.15) is 0 Å². The molecule has 1 aromatic carbocycles. The van der Waals surface area contributed by atoms with Gasteiger partial charge in [0.25, 0.3) is 0 Å². The summed E-state index contributed by atoms with van der Waals surface area (Å²) in [5.74, 6) is -0.502. The van der Waals surface area contributed by atoms with E-state index in [1.165, 1.54) is 22.1 Å². The maximum atomic E-state index is 13.8. The highest BCUT2D eigenvalue weighted by Gasteiger charge is 2.50. The third kappa shape index (κ3) is 9.02. The van der Waals surface area contributed by atoms with Gasteiger partial charge in [-0.1, -0.05) is 73.4 Å². The molecule has 2 fully saturated rings. The number of rotatable bonds is 13. The molecule has 2 saturated heterocycles. The van der Waals surface area contributed by atoms with Crippen LogP contribution in [-0.2, 0) is 20.9 Å². The van der Waals surface area contributed by atoms with Gasteiger partial charge in [-0.05, 0) is 30.9 Å². The Labute approximate surface area is 252 Å². The number of allylic oxidation sites excluding steroid dienone is 3. The number of carbonyl (C=O) groups is 4. The van der Waals surface area contributed by atoms with Gasteiger partial charge in [0.15, 0.2) is 0 Å². The Morgan fingerprint density at radius 2 is 1.91 bits per heavy atom. The fourth-order valence-corrected chi connectivity index (χ4v) is 5.09. The molecule has 1 aromatic rings. The Balaban J connectivity index is 1.84. The Morgan fingerprint density at radius 3 is 2.58 bits per heavy atom.